The van der Waals surface area contributed by atoms with Crippen LogP contribution in [-0.2, 0) is 39.6 Å². The van der Waals surface area contributed by atoms with Crippen molar-refractivity contribution in [3.05, 3.63) is 139 Å². The van der Waals surface area contributed by atoms with E-state index < -0.39 is 34.1 Å². The second-order valence-electron chi connectivity index (χ2n) is 18.8. The summed E-state index contributed by atoms with van der Waals surface area (Å²) in [5.41, 5.74) is 9.18. The number of nitrogens with zero attached hydrogens (tertiary/aromatic N) is 8. The molecule has 0 radical (unpaired) electrons. The van der Waals surface area contributed by atoms with Gasteiger partial charge in [-0.25, -0.2) is 13.1 Å². The summed E-state index contributed by atoms with van der Waals surface area (Å²) in [7, 11) is -0.677. The number of carbonyl (C=O) groups is 2. The first-order valence-corrected chi connectivity index (χ1v) is 26.8. The molecular weight excluding hydrogens is 974 g/mol. The van der Waals surface area contributed by atoms with Crippen LogP contribution in [0.1, 0.15) is 118 Å². The average Bonchev–Trinajstić information content (AvgIpc) is 3.97. The fourth-order valence-electron chi connectivity index (χ4n) is 9.76. The van der Waals surface area contributed by atoms with Crippen LogP contribution in [0.2, 0.25) is 5.02 Å². The number of aliphatic imine (C=N–C) groups is 1. The van der Waals surface area contributed by atoms with Crippen molar-refractivity contribution < 1.29 is 32.6 Å². The topological polar surface area (TPSA) is 196 Å². The molecule has 3 aromatic heterocycles. The first kappa shape index (κ1) is 50.5. The number of aryl methyl sites for hydroxylation is 5. The van der Waals surface area contributed by atoms with Gasteiger partial charge < -0.3 is 19.9 Å². The Balaban J connectivity index is 0.811. The van der Waals surface area contributed by atoms with Gasteiger partial charge in [-0.15, -0.1) is 26.6 Å². The Bertz CT molecular complexity index is 3350. The van der Waals surface area contributed by atoms with Gasteiger partial charge in [-0.2, -0.15) is 4.31 Å². The quantitative estimate of drug-likeness (QED) is 0.0825. The number of halogens is 1. The molecule has 19 heteroatoms. The number of carboxylic acids is 1. The Morgan fingerprint density at radius 3 is 2.50 bits per heavy atom. The highest BCUT2D eigenvalue weighted by atomic mass is 35.5. The zero-order valence-electron chi connectivity index (χ0n) is 41.4. The first-order valence-electron chi connectivity index (χ1n) is 24.1. The van der Waals surface area contributed by atoms with Gasteiger partial charge in [0.05, 0.1) is 32.2 Å². The van der Waals surface area contributed by atoms with Crippen molar-refractivity contribution in [3.8, 4) is 16.5 Å². The van der Waals surface area contributed by atoms with E-state index >= 15 is 0 Å². The van der Waals surface area contributed by atoms with Crippen LogP contribution in [0.3, 0.4) is 0 Å². The summed E-state index contributed by atoms with van der Waals surface area (Å²) in [6, 6.07) is 21.8. The van der Waals surface area contributed by atoms with Crippen LogP contribution in [0, 0.1) is 27.7 Å². The Hall–Kier alpha value is -6.47. The summed E-state index contributed by atoms with van der Waals surface area (Å²) in [6.45, 7) is 10.6. The number of aliphatic carboxylic acids is 1. The highest BCUT2D eigenvalue weighted by Crippen LogP contribution is 2.41. The number of aromatic nitrogens is 6. The number of rotatable bonds is 17. The third-order valence-electron chi connectivity index (χ3n) is 13.7. The normalized spacial score (nSPS) is 16.7. The first-order chi connectivity index (χ1) is 34.5. The highest BCUT2D eigenvalue weighted by Gasteiger charge is 2.35. The van der Waals surface area contributed by atoms with Crippen molar-refractivity contribution >= 4 is 61.6 Å². The van der Waals surface area contributed by atoms with Crippen molar-refractivity contribution in [2.45, 2.75) is 109 Å². The Kier molecular flexibility index (Phi) is 14.7. The van der Waals surface area contributed by atoms with Gasteiger partial charge in [0, 0.05) is 47.1 Å². The highest BCUT2D eigenvalue weighted by molar-refractivity contribution is 7.89. The van der Waals surface area contributed by atoms with Crippen LogP contribution < -0.4 is 14.8 Å². The maximum absolute atomic E-state index is 14.4. The zero-order chi connectivity index (χ0) is 51.0. The van der Waals surface area contributed by atoms with Crippen molar-refractivity contribution in [2.75, 3.05) is 20.2 Å². The minimum atomic E-state index is -3.99. The van der Waals surface area contributed by atoms with Crippen molar-refractivity contribution in [1.82, 2.24) is 39.4 Å². The molecule has 0 unspecified atom stereocenters. The summed E-state index contributed by atoms with van der Waals surface area (Å²) in [5, 5.41) is 32.1. The van der Waals surface area contributed by atoms with E-state index in [0.29, 0.717) is 45.5 Å². The molecule has 2 N–H and O–H groups in total. The molecule has 0 spiro atoms. The Morgan fingerprint density at radius 1 is 0.958 bits per heavy atom. The van der Waals surface area contributed by atoms with Crippen LogP contribution >= 0.6 is 22.9 Å². The fraction of sp³-hybridized carbons (Fsp3) is 0.377. The molecule has 4 aromatic carbocycles. The third-order valence-corrected chi connectivity index (χ3v) is 17.0. The van der Waals surface area contributed by atoms with E-state index in [2.05, 4.69) is 39.7 Å². The molecule has 0 bridgehead atoms. The van der Waals surface area contributed by atoms with E-state index in [9.17, 15) is 23.1 Å². The molecule has 376 valence electrons. The number of carboxylic acid groups (broad SMARTS) is 1. The molecule has 0 aliphatic carbocycles. The maximum atomic E-state index is 14.4. The second kappa shape index (κ2) is 20.9. The molecule has 1 amide bonds. The van der Waals surface area contributed by atoms with Crippen molar-refractivity contribution in [2.24, 2.45) is 12.0 Å². The maximum Gasteiger partial charge on any atom is 0.304 e. The molecule has 5 heterocycles. The molecule has 9 rings (SSSR count). The number of benzene rings is 4. The molecule has 16 nitrogen and oxygen atoms in total. The minimum absolute atomic E-state index is 0.0711. The second-order valence-corrected chi connectivity index (χ2v) is 22.3. The van der Waals surface area contributed by atoms with Gasteiger partial charge in [0.25, 0.3) is 0 Å². The molecule has 7 aromatic rings. The molecule has 0 saturated heterocycles. The van der Waals surface area contributed by atoms with Gasteiger partial charge >= 0.3 is 5.97 Å². The summed E-state index contributed by atoms with van der Waals surface area (Å²) < 4.78 is 45.9. The molecule has 72 heavy (non-hydrogen) atoms. The largest absolute Gasteiger partial charge is 0.494 e. The number of nitrogens with one attached hydrogen (secondary N) is 1. The van der Waals surface area contributed by atoms with E-state index in [0.717, 1.165) is 87.6 Å². The minimum Gasteiger partial charge on any atom is -0.494 e. The number of amides is 1. The Labute approximate surface area is 428 Å². The van der Waals surface area contributed by atoms with E-state index in [-0.39, 0.29) is 36.7 Å². The molecule has 0 fully saturated rings. The van der Waals surface area contributed by atoms with Gasteiger partial charge in [0.1, 0.15) is 50.4 Å². The number of ether oxygens (including phenoxy) is 2. The van der Waals surface area contributed by atoms with Gasteiger partial charge in [-0.1, -0.05) is 66.1 Å². The number of unbranched alkanes of at least 4 members (excludes halogenated alkanes) is 3. The number of hydrogen-bond donors (Lipinski definition) is 2. The van der Waals surface area contributed by atoms with Gasteiger partial charge in [-0.05, 0) is 124 Å². The number of fused-ring (bicyclic) bond motifs is 5. The number of methoxy groups -OCH3 is 1. The Morgan fingerprint density at radius 2 is 1.74 bits per heavy atom. The third kappa shape index (κ3) is 10.3. The lowest BCUT2D eigenvalue weighted by Crippen LogP contribution is -2.35. The van der Waals surface area contributed by atoms with Crippen LogP contribution in [0.4, 0.5) is 0 Å². The predicted molar refractivity (Wildman–Crippen MR) is 278 cm³/mol. The summed E-state index contributed by atoms with van der Waals surface area (Å²) >= 11 is 7.94. The predicted octanol–water partition coefficient (Wildman–Crippen LogP) is 9.29. The number of thiophene rings is 1. The van der Waals surface area contributed by atoms with Crippen molar-refractivity contribution in [3.63, 3.8) is 0 Å². The number of carbonyl (C=O) groups excluding carboxylic acids is 1. The molecule has 2 aliphatic rings. The zero-order valence-corrected chi connectivity index (χ0v) is 43.8. The molecule has 0 saturated carbocycles. The van der Waals surface area contributed by atoms with Crippen LogP contribution in [0.5, 0.6) is 11.5 Å². The number of sulfonamides is 1. The SMILES string of the molecule is COc1cc([C@@H](CC(=O)O)c2ccc(C)c(CN3C[C@@H](C)Oc4cc(CCCCCCNC(=O)C[C@@H]5N=C(c6ccc(Cl)cc6)c6c(sc(C)c6C)-n6c(C)nnc65)ccc4S3(=O)=O)c2)cc2nnn(C)c12. The molecule has 2 aliphatic heterocycles. The molecular formula is C53H58ClN9O7S2. The number of hydrogen-bond acceptors (Lipinski definition) is 12. The summed E-state index contributed by atoms with van der Waals surface area (Å²) in [4.78, 5) is 32.3. The van der Waals surface area contributed by atoms with E-state index in [1.807, 2.05) is 92.1 Å². The van der Waals surface area contributed by atoms with Crippen molar-refractivity contribution in [1.29, 1.82) is 0 Å². The fourth-order valence-corrected chi connectivity index (χ4v) is 12.7. The monoisotopic (exact) mass is 1030 g/mol. The average molecular weight is 1030 g/mol. The lowest BCUT2D eigenvalue weighted by atomic mass is 9.86. The van der Waals surface area contributed by atoms with Gasteiger partial charge in [-0.3, -0.25) is 19.1 Å². The lowest BCUT2D eigenvalue weighted by molar-refractivity contribution is -0.137. The van der Waals surface area contributed by atoms with E-state index in [1.165, 1.54) is 9.18 Å². The van der Waals surface area contributed by atoms with Gasteiger partial charge in [0.15, 0.2) is 5.82 Å². The van der Waals surface area contributed by atoms with E-state index in [1.54, 1.807) is 36.2 Å². The molecule has 3 atom stereocenters. The van der Waals surface area contributed by atoms with Gasteiger partial charge in [0.2, 0.25) is 15.9 Å². The summed E-state index contributed by atoms with van der Waals surface area (Å²) in [5.74, 6) is 0.572. The smallest absolute Gasteiger partial charge is 0.304 e. The van der Waals surface area contributed by atoms with Crippen LogP contribution in [0.25, 0.3) is 16.0 Å². The summed E-state index contributed by atoms with van der Waals surface area (Å²) in [6.07, 6.45) is 3.72. The van der Waals surface area contributed by atoms with Crippen LogP contribution in [-0.4, -0.2) is 91.5 Å². The standard InChI is InChI=1S/C53H58ClN9O7S2/c1-30-13-15-37(41(26-48(65)66)38-24-42-51(45(25-38)69-7)61(6)60-58-42)23-39(30)29-62-28-31(2)70-44-22-35(14-20-46(44)72(62,67)68)12-10-8-9-11-21-55-47(64)27-43-52-59-57-34(5)63(52)53-49(32(3)33(4)71-53)50(56-43)36-16-18-40(54)19-17-36/h13-20,22-25,31,41,43H,8-12,21,26-29H2,1-7H3,(H,55,64)(H,65,66)/t31-,41+,43+/m1/s1. The van der Waals surface area contributed by atoms with E-state index in [4.69, 9.17) is 26.1 Å². The lowest BCUT2D eigenvalue weighted by Gasteiger charge is -2.24. The van der Waals surface area contributed by atoms with Crippen LogP contribution in [0.15, 0.2) is 82.7 Å².